The molecule has 1 aliphatic heterocycles. The summed E-state index contributed by atoms with van der Waals surface area (Å²) in [4.78, 5) is 19.2. The lowest BCUT2D eigenvalue weighted by molar-refractivity contribution is 0.100. The van der Waals surface area contributed by atoms with E-state index < -0.39 is 0 Å². The molecule has 1 amide bonds. The van der Waals surface area contributed by atoms with Crippen LogP contribution in [0, 0.1) is 11.3 Å². The van der Waals surface area contributed by atoms with Crippen LogP contribution in [0.1, 0.15) is 22.8 Å². The van der Waals surface area contributed by atoms with Crippen molar-refractivity contribution in [1.82, 2.24) is 0 Å². The van der Waals surface area contributed by atoms with Crippen molar-refractivity contribution in [2.45, 2.75) is 13.0 Å². The number of carbonyl (C=O) groups excluding carboxylic acids is 1. The summed E-state index contributed by atoms with van der Waals surface area (Å²) in [6, 6.07) is 16.0. The van der Waals surface area contributed by atoms with Gasteiger partial charge in [0.05, 0.1) is 23.4 Å². The fourth-order valence-corrected chi connectivity index (χ4v) is 3.50. The first-order valence-electron chi connectivity index (χ1n) is 7.39. The number of rotatable bonds is 2. The molecule has 6 heteroatoms. The van der Waals surface area contributed by atoms with Gasteiger partial charge in [-0.1, -0.05) is 29.4 Å². The largest absolute Gasteiger partial charge is 0.268 e. The Morgan fingerprint density at radius 1 is 1.33 bits per heavy atom. The lowest BCUT2D eigenvalue weighted by Gasteiger charge is -2.22. The molecule has 0 saturated carbocycles. The molecule has 2 aromatic rings. The average molecular weight is 356 g/mol. The van der Waals surface area contributed by atoms with Gasteiger partial charge in [-0.2, -0.15) is 5.26 Å². The van der Waals surface area contributed by atoms with Crippen LogP contribution in [-0.2, 0) is 0 Å². The van der Waals surface area contributed by atoms with E-state index in [4.69, 9.17) is 16.9 Å². The zero-order valence-corrected chi connectivity index (χ0v) is 14.5. The Kier molecular flexibility index (Phi) is 4.89. The molecule has 0 bridgehead atoms. The Bertz CT molecular complexity index is 842. The fourth-order valence-electron chi connectivity index (χ4n) is 2.34. The van der Waals surface area contributed by atoms with Crippen LogP contribution in [-0.4, -0.2) is 22.9 Å². The number of benzene rings is 2. The molecule has 3 rings (SSSR count). The molecule has 1 heterocycles. The molecule has 4 nitrogen and oxygen atoms in total. The number of thioether (sulfide) groups is 1. The van der Waals surface area contributed by atoms with Crippen molar-refractivity contribution in [3.05, 3.63) is 64.7 Å². The molecule has 0 radical (unpaired) electrons. The molecule has 2 aromatic carbocycles. The summed E-state index contributed by atoms with van der Waals surface area (Å²) in [5, 5.41) is 10.3. The van der Waals surface area contributed by atoms with Gasteiger partial charge in [-0.25, -0.2) is 0 Å². The van der Waals surface area contributed by atoms with E-state index in [0.717, 1.165) is 5.75 Å². The molecule has 0 saturated heterocycles. The molecule has 0 N–H and O–H groups in total. The minimum absolute atomic E-state index is 0.165. The van der Waals surface area contributed by atoms with Crippen LogP contribution in [0.3, 0.4) is 0 Å². The third kappa shape index (κ3) is 3.45. The van der Waals surface area contributed by atoms with Crippen molar-refractivity contribution in [2.24, 2.45) is 4.99 Å². The lowest BCUT2D eigenvalue weighted by atomic mass is 10.1. The molecular formula is C18H14ClN3OS. The number of amidine groups is 1. The number of amides is 1. The van der Waals surface area contributed by atoms with E-state index in [9.17, 15) is 4.79 Å². The highest BCUT2D eigenvalue weighted by molar-refractivity contribution is 8.14. The number of anilines is 1. The highest BCUT2D eigenvalue weighted by Gasteiger charge is 2.27. The Morgan fingerprint density at radius 2 is 2.08 bits per heavy atom. The smallest absolute Gasteiger partial charge is 0.264 e. The fraction of sp³-hybridized carbons (Fsp3) is 0.167. The number of halogens is 1. The Hall–Kier alpha value is -2.29. The second kappa shape index (κ2) is 7.08. The predicted molar refractivity (Wildman–Crippen MR) is 98.8 cm³/mol. The van der Waals surface area contributed by atoms with Gasteiger partial charge in [0.2, 0.25) is 0 Å². The summed E-state index contributed by atoms with van der Waals surface area (Å²) in [5.74, 6) is 0.625. The van der Waals surface area contributed by atoms with E-state index in [1.54, 1.807) is 65.2 Å². The first kappa shape index (κ1) is 16.6. The van der Waals surface area contributed by atoms with Gasteiger partial charge in [-0.15, -0.1) is 0 Å². The monoisotopic (exact) mass is 355 g/mol. The van der Waals surface area contributed by atoms with E-state index in [0.29, 0.717) is 27.0 Å². The van der Waals surface area contributed by atoms with Gasteiger partial charge in [-0.3, -0.25) is 14.7 Å². The average Bonchev–Trinajstić information content (AvgIpc) is 3.02. The summed E-state index contributed by atoms with van der Waals surface area (Å²) < 4.78 is 0. The molecule has 1 aliphatic rings. The molecule has 24 heavy (non-hydrogen) atoms. The summed E-state index contributed by atoms with van der Waals surface area (Å²) >= 11 is 7.51. The van der Waals surface area contributed by atoms with Crippen molar-refractivity contribution in [3.63, 3.8) is 0 Å². The Morgan fingerprint density at radius 3 is 2.71 bits per heavy atom. The van der Waals surface area contributed by atoms with Crippen LogP contribution >= 0.6 is 23.4 Å². The van der Waals surface area contributed by atoms with E-state index in [1.165, 1.54) is 0 Å². The number of aliphatic imine (C=N–C) groups is 1. The summed E-state index contributed by atoms with van der Waals surface area (Å²) in [6.45, 7) is 2.01. The quantitative estimate of drug-likeness (QED) is 0.804. The van der Waals surface area contributed by atoms with E-state index in [1.807, 2.05) is 6.92 Å². The van der Waals surface area contributed by atoms with Crippen LogP contribution in [0.25, 0.3) is 0 Å². The van der Waals surface area contributed by atoms with E-state index >= 15 is 0 Å². The van der Waals surface area contributed by atoms with Crippen molar-refractivity contribution in [3.8, 4) is 6.07 Å². The van der Waals surface area contributed by atoms with E-state index in [2.05, 4.69) is 11.1 Å². The topological polar surface area (TPSA) is 56.5 Å². The molecule has 1 atom stereocenters. The van der Waals surface area contributed by atoms with Crippen molar-refractivity contribution in [1.29, 1.82) is 5.26 Å². The van der Waals surface area contributed by atoms with Crippen molar-refractivity contribution < 1.29 is 4.79 Å². The lowest BCUT2D eigenvalue weighted by Crippen LogP contribution is -2.34. The third-order valence-electron chi connectivity index (χ3n) is 3.50. The highest BCUT2D eigenvalue weighted by atomic mass is 35.5. The summed E-state index contributed by atoms with van der Waals surface area (Å²) in [5.41, 5.74) is 1.60. The highest BCUT2D eigenvalue weighted by Crippen LogP contribution is 2.28. The normalized spacial score (nSPS) is 16.4. The molecule has 0 aliphatic carbocycles. The molecule has 120 valence electrons. The molecular weight excluding hydrogens is 342 g/mol. The summed E-state index contributed by atoms with van der Waals surface area (Å²) in [7, 11) is 0. The molecule has 0 fully saturated rings. The number of carbonyl (C=O) groups is 1. The molecule has 0 aromatic heterocycles. The van der Waals surface area contributed by atoms with Crippen LogP contribution in [0.15, 0.2) is 53.5 Å². The maximum Gasteiger partial charge on any atom is 0.264 e. The standard InChI is InChI=1S/C18H14ClN3OS/c1-12-11-24-18(21-12)22(16-7-5-15(19)6-8-16)17(23)14-4-2-3-13(9-14)10-20/h2-9,12H,11H2,1H3/t12-/m0/s1. The van der Waals surface area contributed by atoms with Gasteiger partial charge in [-0.05, 0) is 49.4 Å². The molecule has 0 unspecified atom stereocenters. The maximum atomic E-state index is 13.1. The van der Waals surface area contributed by atoms with Crippen molar-refractivity contribution in [2.75, 3.05) is 10.7 Å². The summed E-state index contributed by atoms with van der Waals surface area (Å²) in [6.07, 6.45) is 0. The SMILES string of the molecule is C[C@H]1CSC(N(C(=O)c2cccc(C#N)c2)c2ccc(Cl)cc2)=N1. The number of hydrogen-bond acceptors (Lipinski definition) is 4. The van der Waals surface area contributed by atoms with Gasteiger partial charge in [0.15, 0.2) is 5.17 Å². The zero-order valence-electron chi connectivity index (χ0n) is 12.9. The van der Waals surface area contributed by atoms with Gasteiger partial charge < -0.3 is 0 Å². The zero-order chi connectivity index (χ0) is 17.1. The minimum Gasteiger partial charge on any atom is -0.268 e. The van der Waals surface area contributed by atoms with Crippen LogP contribution < -0.4 is 4.90 Å². The van der Waals surface area contributed by atoms with Crippen LogP contribution in [0.4, 0.5) is 5.69 Å². The van der Waals surface area contributed by atoms with Crippen LogP contribution in [0.5, 0.6) is 0 Å². The Balaban J connectivity index is 2.04. The van der Waals surface area contributed by atoms with Gasteiger partial charge in [0.25, 0.3) is 5.91 Å². The van der Waals surface area contributed by atoms with Crippen molar-refractivity contribution >= 4 is 40.1 Å². The van der Waals surface area contributed by atoms with Gasteiger partial charge in [0, 0.05) is 16.3 Å². The second-order valence-corrected chi connectivity index (χ2v) is 6.80. The minimum atomic E-state index is -0.213. The first-order valence-corrected chi connectivity index (χ1v) is 8.75. The maximum absolute atomic E-state index is 13.1. The number of nitrogens with zero attached hydrogens (tertiary/aromatic N) is 3. The predicted octanol–water partition coefficient (Wildman–Crippen LogP) is 4.35. The van der Waals surface area contributed by atoms with Gasteiger partial charge >= 0.3 is 0 Å². The van der Waals surface area contributed by atoms with E-state index in [-0.39, 0.29) is 11.9 Å². The number of nitriles is 1. The second-order valence-electron chi connectivity index (χ2n) is 5.38. The Labute approximate surface area is 149 Å². The number of hydrogen-bond donors (Lipinski definition) is 0. The van der Waals surface area contributed by atoms with Crippen LogP contribution in [0.2, 0.25) is 5.02 Å². The molecule has 0 spiro atoms. The third-order valence-corrected chi connectivity index (χ3v) is 4.95. The van der Waals surface area contributed by atoms with Gasteiger partial charge in [0.1, 0.15) is 0 Å². The first-order chi connectivity index (χ1) is 11.6.